The minimum absolute atomic E-state index is 0.128. The fraction of sp³-hybridized carbons (Fsp3) is 0.385. The molecule has 0 aliphatic carbocycles. The number of hydrogen-bond donors (Lipinski definition) is 3. The van der Waals surface area contributed by atoms with Gasteiger partial charge in [-0.2, -0.15) is 4.72 Å². The summed E-state index contributed by atoms with van der Waals surface area (Å²) in [6.07, 6.45) is -0.944. The van der Waals surface area contributed by atoms with Crippen LogP contribution in [0, 0.1) is 5.92 Å². The zero-order chi connectivity index (χ0) is 15.1. The van der Waals surface area contributed by atoms with E-state index in [0.717, 1.165) is 0 Å². The highest BCUT2D eigenvalue weighted by atomic mass is 32.2. The van der Waals surface area contributed by atoms with Gasteiger partial charge in [0.2, 0.25) is 0 Å². The third-order valence-electron chi connectivity index (χ3n) is 2.47. The van der Waals surface area contributed by atoms with Crippen molar-refractivity contribution >= 4 is 23.4 Å². The summed E-state index contributed by atoms with van der Waals surface area (Å²) in [6.45, 7) is 3.75. The van der Waals surface area contributed by atoms with Crippen molar-refractivity contribution in [3.63, 3.8) is 0 Å². The molecule has 110 valence electrons. The van der Waals surface area contributed by atoms with Gasteiger partial charge in [0.1, 0.15) is 17.4 Å². The Balaban J connectivity index is 2.67. The van der Waals surface area contributed by atoms with Crippen LogP contribution in [0.25, 0.3) is 0 Å². The Kier molecular flexibility index (Phi) is 6.33. The SMILES string of the molecule is CC(C)CC(NC(=O)O)C(=O)N[S@+]([O-])c1ccccc1. The summed E-state index contributed by atoms with van der Waals surface area (Å²) in [5, 5.41) is 10.9. The van der Waals surface area contributed by atoms with E-state index in [0.29, 0.717) is 11.3 Å². The maximum atomic E-state index is 12.0. The van der Waals surface area contributed by atoms with Crippen molar-refractivity contribution in [2.45, 2.75) is 31.2 Å². The quantitative estimate of drug-likeness (QED) is 0.693. The lowest BCUT2D eigenvalue weighted by Gasteiger charge is -2.19. The Morgan fingerprint density at radius 2 is 1.90 bits per heavy atom. The third-order valence-corrected chi connectivity index (χ3v) is 3.56. The van der Waals surface area contributed by atoms with Gasteiger partial charge >= 0.3 is 6.09 Å². The zero-order valence-corrected chi connectivity index (χ0v) is 12.1. The van der Waals surface area contributed by atoms with E-state index in [1.165, 1.54) is 0 Å². The van der Waals surface area contributed by atoms with Crippen LogP contribution in [0.4, 0.5) is 4.79 Å². The maximum Gasteiger partial charge on any atom is 0.405 e. The number of rotatable bonds is 6. The highest BCUT2D eigenvalue weighted by Crippen LogP contribution is 2.09. The number of carbonyl (C=O) groups excluding carboxylic acids is 1. The van der Waals surface area contributed by atoms with Gasteiger partial charge < -0.3 is 15.0 Å². The van der Waals surface area contributed by atoms with Crippen LogP contribution < -0.4 is 10.0 Å². The third kappa shape index (κ3) is 5.50. The first-order valence-electron chi connectivity index (χ1n) is 6.17. The van der Waals surface area contributed by atoms with Gasteiger partial charge in [-0.3, -0.25) is 4.79 Å². The molecule has 20 heavy (non-hydrogen) atoms. The Bertz CT molecular complexity index is 453. The molecule has 0 fully saturated rings. The second-order valence-electron chi connectivity index (χ2n) is 4.68. The van der Waals surface area contributed by atoms with E-state index < -0.39 is 29.4 Å². The van der Waals surface area contributed by atoms with E-state index in [-0.39, 0.29) is 5.92 Å². The smallest absolute Gasteiger partial charge is 0.405 e. The predicted molar refractivity (Wildman–Crippen MR) is 75.4 cm³/mol. The lowest BCUT2D eigenvalue weighted by atomic mass is 10.0. The van der Waals surface area contributed by atoms with Crippen molar-refractivity contribution in [1.82, 2.24) is 10.0 Å². The molecule has 1 aromatic carbocycles. The van der Waals surface area contributed by atoms with Crippen LogP contribution in [0.2, 0.25) is 0 Å². The van der Waals surface area contributed by atoms with Crippen LogP contribution in [0.5, 0.6) is 0 Å². The van der Waals surface area contributed by atoms with Crippen LogP contribution in [-0.4, -0.2) is 27.7 Å². The highest BCUT2D eigenvalue weighted by Gasteiger charge is 2.26. The molecule has 2 amide bonds. The molecule has 0 aliphatic heterocycles. The fourth-order valence-corrected chi connectivity index (χ4v) is 2.46. The summed E-state index contributed by atoms with van der Waals surface area (Å²) in [7, 11) is 0. The van der Waals surface area contributed by atoms with Gasteiger partial charge in [0.15, 0.2) is 4.90 Å². The second-order valence-corrected chi connectivity index (χ2v) is 5.89. The number of carboxylic acid groups (broad SMARTS) is 1. The van der Waals surface area contributed by atoms with Gasteiger partial charge in [-0.1, -0.05) is 32.0 Å². The molecule has 0 bridgehead atoms. The van der Waals surface area contributed by atoms with E-state index in [2.05, 4.69) is 10.0 Å². The van der Waals surface area contributed by atoms with Gasteiger partial charge in [0.25, 0.3) is 5.91 Å². The molecule has 2 atom stereocenters. The number of benzene rings is 1. The number of nitrogens with one attached hydrogen (secondary N) is 2. The average Bonchev–Trinajstić information content (AvgIpc) is 2.37. The molecule has 0 aliphatic rings. The minimum Gasteiger partial charge on any atom is -0.588 e. The Hall–Kier alpha value is -1.73. The van der Waals surface area contributed by atoms with Crippen LogP contribution in [-0.2, 0) is 16.2 Å². The van der Waals surface area contributed by atoms with Crippen LogP contribution in [0.1, 0.15) is 20.3 Å². The van der Waals surface area contributed by atoms with E-state index in [4.69, 9.17) is 5.11 Å². The van der Waals surface area contributed by atoms with E-state index in [1.807, 2.05) is 13.8 Å². The van der Waals surface area contributed by atoms with Crippen LogP contribution in [0.15, 0.2) is 35.2 Å². The van der Waals surface area contributed by atoms with E-state index >= 15 is 0 Å². The van der Waals surface area contributed by atoms with Gasteiger partial charge in [0, 0.05) is 0 Å². The molecule has 0 saturated heterocycles. The monoisotopic (exact) mass is 298 g/mol. The first-order valence-corrected chi connectivity index (χ1v) is 7.32. The molecular weight excluding hydrogens is 280 g/mol. The molecule has 0 radical (unpaired) electrons. The largest absolute Gasteiger partial charge is 0.588 e. The Morgan fingerprint density at radius 1 is 1.30 bits per heavy atom. The first-order chi connectivity index (χ1) is 9.40. The molecule has 7 heteroatoms. The van der Waals surface area contributed by atoms with Crippen molar-refractivity contribution in [1.29, 1.82) is 0 Å². The zero-order valence-electron chi connectivity index (χ0n) is 11.3. The average molecular weight is 298 g/mol. The molecule has 0 heterocycles. The molecule has 6 nitrogen and oxygen atoms in total. The molecular formula is C13H18N2O4S. The molecule has 1 unspecified atom stereocenters. The second kappa shape index (κ2) is 7.76. The van der Waals surface area contributed by atoms with E-state index in [1.54, 1.807) is 30.3 Å². The van der Waals surface area contributed by atoms with Crippen molar-refractivity contribution in [3.8, 4) is 0 Å². The minimum atomic E-state index is -1.70. The maximum absolute atomic E-state index is 12.0. The number of amides is 2. The number of hydrogen-bond acceptors (Lipinski definition) is 3. The lowest BCUT2D eigenvalue weighted by Crippen LogP contribution is -2.48. The van der Waals surface area contributed by atoms with Gasteiger partial charge in [0.05, 0.1) is 0 Å². The summed E-state index contributed by atoms with van der Waals surface area (Å²) in [5.41, 5.74) is 0. The van der Waals surface area contributed by atoms with Gasteiger partial charge in [-0.25, -0.2) is 4.79 Å². The van der Waals surface area contributed by atoms with Crippen molar-refractivity contribution in [3.05, 3.63) is 30.3 Å². The molecule has 3 N–H and O–H groups in total. The molecule has 1 aromatic rings. The summed E-state index contributed by atoms with van der Waals surface area (Å²) < 4.78 is 14.2. The highest BCUT2D eigenvalue weighted by molar-refractivity contribution is 7.90. The Labute approximate surface area is 120 Å². The summed E-state index contributed by atoms with van der Waals surface area (Å²) in [5.74, 6) is -0.467. The molecule has 1 rings (SSSR count). The summed E-state index contributed by atoms with van der Waals surface area (Å²) in [6, 6.07) is 7.52. The number of carbonyl (C=O) groups is 2. The van der Waals surface area contributed by atoms with Crippen molar-refractivity contribution < 1.29 is 19.2 Å². The van der Waals surface area contributed by atoms with Crippen LogP contribution >= 0.6 is 0 Å². The molecule has 0 spiro atoms. The van der Waals surface area contributed by atoms with Crippen molar-refractivity contribution in [2.75, 3.05) is 0 Å². The molecule has 0 saturated carbocycles. The predicted octanol–water partition coefficient (Wildman–Crippen LogP) is 1.51. The van der Waals surface area contributed by atoms with E-state index in [9.17, 15) is 14.1 Å². The lowest BCUT2D eigenvalue weighted by molar-refractivity contribution is -0.121. The Morgan fingerprint density at radius 3 is 2.40 bits per heavy atom. The first kappa shape index (κ1) is 16.3. The standard InChI is InChI=1S/C13H18N2O4S/c1-9(2)8-11(14-13(17)18)12(16)15-20(19)10-6-4-3-5-7-10/h3-7,9,11,14H,8H2,1-2H3,(H,15,16)(H,17,18)/t11?,20-/m1/s1. The molecule has 0 aromatic heterocycles. The van der Waals surface area contributed by atoms with Gasteiger partial charge in [-0.05, 0) is 24.5 Å². The van der Waals surface area contributed by atoms with Gasteiger partial charge in [-0.15, -0.1) is 0 Å². The van der Waals surface area contributed by atoms with Crippen molar-refractivity contribution in [2.24, 2.45) is 5.92 Å². The normalized spacial score (nSPS) is 13.6. The summed E-state index contributed by atoms with van der Waals surface area (Å²) in [4.78, 5) is 23.1. The van der Waals surface area contributed by atoms with Crippen LogP contribution in [0.3, 0.4) is 0 Å². The summed E-state index contributed by atoms with van der Waals surface area (Å²) >= 11 is -1.70. The fourth-order valence-electron chi connectivity index (χ4n) is 1.62. The topological polar surface area (TPSA) is 101 Å².